The number of esters is 2. The van der Waals surface area contributed by atoms with Gasteiger partial charge in [-0.2, -0.15) is 0 Å². The van der Waals surface area contributed by atoms with Crippen molar-refractivity contribution in [2.45, 2.75) is 117 Å². The number of benzene rings is 2. The first kappa shape index (κ1) is 43.7. The van der Waals surface area contributed by atoms with Gasteiger partial charge < -0.3 is 37.4 Å². The van der Waals surface area contributed by atoms with Gasteiger partial charge in [-0.1, -0.05) is 11.6 Å². The van der Waals surface area contributed by atoms with Crippen molar-refractivity contribution in [1.29, 1.82) is 0 Å². The average molecular weight is 759 g/mol. The van der Waals surface area contributed by atoms with Crippen LogP contribution in [-0.2, 0) is 37.4 Å². The molecule has 2 aromatic rings. The van der Waals surface area contributed by atoms with Crippen LogP contribution in [0.25, 0.3) is 0 Å². The fourth-order valence-corrected chi connectivity index (χ4v) is 4.92. The number of carbonyl (C=O) groups is 2. The van der Waals surface area contributed by atoms with Gasteiger partial charge in [0, 0.05) is 5.46 Å². The highest BCUT2D eigenvalue weighted by atomic mass is 35.5. The summed E-state index contributed by atoms with van der Waals surface area (Å²) in [4.78, 5) is 22.2. The van der Waals surface area contributed by atoms with Crippen LogP contribution in [0.4, 0.5) is 17.6 Å². The number of hydrogen-bond acceptors (Lipinski definition) is 10. The quantitative estimate of drug-likeness (QED) is 0.145. The van der Waals surface area contributed by atoms with Crippen LogP contribution < -0.4 is 5.46 Å². The summed E-state index contributed by atoms with van der Waals surface area (Å²) in [5.74, 6) is -5.30. The maximum absolute atomic E-state index is 14.1. The van der Waals surface area contributed by atoms with Crippen LogP contribution in [-0.4, -0.2) is 80.9 Å². The third-order valence-electron chi connectivity index (χ3n) is 10.2. The molecule has 286 valence electrons. The van der Waals surface area contributed by atoms with Crippen LogP contribution in [0.1, 0.15) is 104 Å². The van der Waals surface area contributed by atoms with Crippen molar-refractivity contribution in [3.63, 3.8) is 0 Å². The summed E-state index contributed by atoms with van der Waals surface area (Å²) in [5, 5.41) is -0.370. The molecule has 0 saturated carbocycles. The summed E-state index contributed by atoms with van der Waals surface area (Å²) in [5.41, 5.74) is -3.78. The van der Waals surface area contributed by atoms with Crippen molar-refractivity contribution in [3.05, 3.63) is 63.7 Å². The first-order valence-electron chi connectivity index (χ1n) is 16.4. The van der Waals surface area contributed by atoms with Gasteiger partial charge in [0.1, 0.15) is 23.3 Å². The minimum atomic E-state index is -1.03. The molecule has 0 amide bonds. The Morgan fingerprint density at radius 3 is 1.17 bits per heavy atom. The Morgan fingerprint density at radius 1 is 0.519 bits per heavy atom. The van der Waals surface area contributed by atoms with Crippen LogP contribution in [0.15, 0.2) is 24.3 Å². The molecule has 3 saturated heterocycles. The number of rotatable bonds is 4. The SMILES string of the molecule is CC1(C)OB(B2OC(C)(C)C(C)(C)O2)OC1(C)C.COC(=O)c1cc(F)c(B2OC(C)(C)C(C)(C)O2)cc1F.COC(=O)c1cc(F)c(Cl)cc1F. The van der Waals surface area contributed by atoms with Gasteiger partial charge in [-0.3, -0.25) is 0 Å². The molecule has 5 rings (SSSR count). The highest BCUT2D eigenvalue weighted by molar-refractivity contribution is 7.11. The Bertz CT molecular complexity index is 1590. The molecule has 2 aromatic carbocycles. The predicted molar refractivity (Wildman–Crippen MR) is 188 cm³/mol. The van der Waals surface area contributed by atoms with E-state index in [9.17, 15) is 27.2 Å². The van der Waals surface area contributed by atoms with E-state index in [1.165, 1.54) is 0 Å². The van der Waals surface area contributed by atoms with Gasteiger partial charge in [-0.25, -0.2) is 27.2 Å². The summed E-state index contributed by atoms with van der Waals surface area (Å²) >= 11 is 5.27. The van der Waals surface area contributed by atoms with E-state index in [2.05, 4.69) is 9.47 Å². The standard InChI is InChI=1S/C14H17BF2O4.C12H24B2O4.C8H5ClF2O2/c1-13(2)14(3,4)21-15(20-13)9-7-10(16)8(6-11(9)17)12(18)19-5;1-9(2)10(3,4)16-13(15-9)14-17-11(5,6)12(7,8)18-14;1-13-8(12)4-2-7(11)5(9)3-6(4)10/h6-7H,1-5H3;1-8H3;2-3H,1H3. The lowest BCUT2D eigenvalue weighted by molar-refractivity contribution is 0.00578. The second-order valence-electron chi connectivity index (χ2n) is 15.4. The second-order valence-corrected chi connectivity index (χ2v) is 15.8. The van der Waals surface area contributed by atoms with Gasteiger partial charge in [0.2, 0.25) is 0 Å². The van der Waals surface area contributed by atoms with Gasteiger partial charge in [0.15, 0.2) is 0 Å². The van der Waals surface area contributed by atoms with E-state index in [4.69, 9.17) is 39.5 Å². The van der Waals surface area contributed by atoms with Gasteiger partial charge in [-0.15, -0.1) is 0 Å². The molecule has 0 unspecified atom stereocenters. The fraction of sp³-hybridized carbons (Fsp3) is 0.588. The van der Waals surface area contributed by atoms with Gasteiger partial charge in [0.25, 0.3) is 0 Å². The molecule has 3 fully saturated rings. The van der Waals surface area contributed by atoms with E-state index >= 15 is 0 Å². The van der Waals surface area contributed by atoms with E-state index < -0.39 is 78.7 Å². The molecule has 0 radical (unpaired) electrons. The fourth-order valence-electron chi connectivity index (χ4n) is 4.77. The van der Waals surface area contributed by atoms with Gasteiger partial charge >= 0.3 is 33.1 Å². The molecule has 0 aliphatic carbocycles. The molecule has 0 aromatic heterocycles. The third-order valence-corrected chi connectivity index (χ3v) is 10.5. The van der Waals surface area contributed by atoms with Crippen LogP contribution in [0, 0.1) is 23.3 Å². The molecule has 52 heavy (non-hydrogen) atoms. The Labute approximate surface area is 308 Å². The van der Waals surface area contributed by atoms with Crippen molar-refractivity contribution in [3.8, 4) is 0 Å². The van der Waals surface area contributed by atoms with Crippen molar-refractivity contribution in [2.75, 3.05) is 14.2 Å². The van der Waals surface area contributed by atoms with Crippen molar-refractivity contribution < 1.29 is 64.6 Å². The van der Waals surface area contributed by atoms with Crippen LogP contribution in [0.5, 0.6) is 0 Å². The number of hydrogen-bond donors (Lipinski definition) is 0. The summed E-state index contributed by atoms with van der Waals surface area (Å²) in [6.07, 6.45) is 0. The topological polar surface area (TPSA) is 108 Å². The van der Waals surface area contributed by atoms with Crippen LogP contribution in [0.3, 0.4) is 0 Å². The molecule has 0 atom stereocenters. The summed E-state index contributed by atoms with van der Waals surface area (Å²) in [6, 6.07) is 3.12. The largest absolute Gasteiger partial charge is 0.497 e. The minimum absolute atomic E-state index is 0.0844. The monoisotopic (exact) mass is 758 g/mol. The zero-order valence-corrected chi connectivity index (χ0v) is 32.8. The first-order valence-corrected chi connectivity index (χ1v) is 16.8. The Balaban J connectivity index is 0.000000216. The van der Waals surface area contributed by atoms with E-state index in [0.29, 0.717) is 6.07 Å². The van der Waals surface area contributed by atoms with Crippen molar-refractivity contribution in [1.82, 2.24) is 0 Å². The van der Waals surface area contributed by atoms with Crippen LogP contribution >= 0.6 is 11.6 Å². The van der Waals surface area contributed by atoms with E-state index in [-0.39, 0.29) is 32.9 Å². The van der Waals surface area contributed by atoms with Gasteiger partial charge in [-0.05, 0) is 107 Å². The third kappa shape index (κ3) is 8.99. The van der Waals surface area contributed by atoms with Crippen LogP contribution in [0.2, 0.25) is 5.02 Å². The lowest BCUT2D eigenvalue weighted by atomic mass is 9.49. The number of ether oxygens (including phenoxy) is 2. The second kappa shape index (κ2) is 15.2. The molecule has 10 nitrogen and oxygen atoms in total. The van der Waals surface area contributed by atoms with E-state index in [1.807, 2.05) is 83.1 Å². The predicted octanol–water partition coefficient (Wildman–Crippen LogP) is 6.70. The summed E-state index contributed by atoms with van der Waals surface area (Å²) in [7, 11) is 0.194. The molecule has 3 aliphatic heterocycles. The molecule has 0 spiro atoms. The lowest BCUT2D eigenvalue weighted by Gasteiger charge is -2.32. The van der Waals surface area contributed by atoms with E-state index in [0.717, 1.165) is 32.4 Å². The normalized spacial score (nSPS) is 21.5. The lowest BCUT2D eigenvalue weighted by Crippen LogP contribution is -2.41. The zero-order valence-electron chi connectivity index (χ0n) is 32.0. The highest BCUT2D eigenvalue weighted by Gasteiger charge is 2.63. The van der Waals surface area contributed by atoms with Gasteiger partial charge in [0.05, 0.1) is 64.0 Å². The number of carbonyl (C=O) groups excluding carboxylic acids is 2. The first-order chi connectivity index (χ1) is 23.5. The summed E-state index contributed by atoms with van der Waals surface area (Å²) < 4.78 is 97.5. The molecule has 3 heterocycles. The molecule has 3 aliphatic rings. The molecular weight excluding hydrogens is 712 g/mol. The Kier molecular flexibility index (Phi) is 12.8. The maximum atomic E-state index is 14.1. The van der Waals surface area contributed by atoms with Crippen molar-refractivity contribution >= 4 is 50.1 Å². The Hall–Kier alpha value is -2.66. The summed E-state index contributed by atoms with van der Waals surface area (Å²) in [6.45, 7) is 23.4. The maximum Gasteiger partial charge on any atom is 0.497 e. The van der Waals surface area contributed by atoms with E-state index in [1.54, 1.807) is 0 Å². The smallest absolute Gasteiger partial charge is 0.465 e. The number of halogens is 5. The minimum Gasteiger partial charge on any atom is -0.465 e. The average Bonchev–Trinajstić information content (AvgIpc) is 3.48. The molecule has 0 N–H and O–H groups in total. The number of methoxy groups -OCH3 is 2. The Morgan fingerprint density at radius 2 is 0.827 bits per heavy atom. The van der Waals surface area contributed by atoms with Crippen molar-refractivity contribution in [2.24, 2.45) is 0 Å². The molecule has 0 bridgehead atoms. The molecule has 18 heteroatoms. The highest BCUT2D eigenvalue weighted by Crippen LogP contribution is 2.43. The molecular formula is C34H46B3ClF4O10. The zero-order chi connectivity index (χ0) is 40.0.